The van der Waals surface area contributed by atoms with E-state index in [1.54, 1.807) is 7.05 Å². The van der Waals surface area contributed by atoms with E-state index >= 15 is 0 Å². The molecule has 1 aromatic heterocycles. The van der Waals surface area contributed by atoms with Crippen LogP contribution in [-0.2, 0) is 32.2 Å². The summed E-state index contributed by atoms with van der Waals surface area (Å²) >= 11 is 0. The second kappa shape index (κ2) is 12.7. The number of carbonyl (C=O) groups is 3. The first kappa shape index (κ1) is 26.0. The minimum atomic E-state index is -0.765. The Morgan fingerprint density at radius 3 is 2.40 bits per heavy atom. The van der Waals surface area contributed by atoms with Crippen molar-refractivity contribution in [1.29, 1.82) is 0 Å². The Kier molecular flexibility index (Phi) is 9.43. The van der Waals surface area contributed by atoms with Gasteiger partial charge < -0.3 is 15.6 Å². The maximum Gasteiger partial charge on any atom is 0.244 e. The summed E-state index contributed by atoms with van der Waals surface area (Å²) in [5.74, 6) is -1.40. The third kappa shape index (κ3) is 7.68. The predicted octanol–water partition coefficient (Wildman–Crippen LogP) is 3.24. The van der Waals surface area contributed by atoms with Gasteiger partial charge in [0, 0.05) is 42.9 Å². The predicted molar refractivity (Wildman–Crippen MR) is 135 cm³/mol. The van der Waals surface area contributed by atoms with E-state index in [1.165, 1.54) is 0 Å². The van der Waals surface area contributed by atoms with Gasteiger partial charge in [0.05, 0.1) is 6.61 Å². The van der Waals surface area contributed by atoms with Gasteiger partial charge in [-0.05, 0) is 29.5 Å². The molecule has 186 valence electrons. The Bertz CT molecular complexity index is 1130. The van der Waals surface area contributed by atoms with Crippen molar-refractivity contribution in [2.75, 3.05) is 7.05 Å². The van der Waals surface area contributed by atoms with E-state index in [-0.39, 0.29) is 36.7 Å². The first-order chi connectivity index (χ1) is 16.9. The molecule has 0 saturated heterocycles. The molecule has 3 aromatic rings. The molecule has 0 aliphatic rings. The normalized spacial score (nSPS) is 12.8. The van der Waals surface area contributed by atoms with Crippen molar-refractivity contribution in [3.63, 3.8) is 0 Å². The van der Waals surface area contributed by atoms with Gasteiger partial charge in [0.1, 0.15) is 6.04 Å². The van der Waals surface area contributed by atoms with Crippen molar-refractivity contribution >= 4 is 28.6 Å². The zero-order chi connectivity index (χ0) is 25.2. The number of hydrogen-bond donors (Lipinski definition) is 4. The molecule has 3 rings (SSSR count). The van der Waals surface area contributed by atoms with Gasteiger partial charge >= 0.3 is 0 Å². The molecule has 1 heterocycles. The van der Waals surface area contributed by atoms with Gasteiger partial charge in [-0.25, -0.2) is 5.48 Å². The molecule has 0 bridgehead atoms. The molecule has 2 aromatic carbocycles. The molecule has 0 spiro atoms. The van der Waals surface area contributed by atoms with Crippen molar-refractivity contribution in [2.45, 2.75) is 45.8 Å². The number of aromatic nitrogens is 1. The highest BCUT2D eigenvalue weighted by molar-refractivity contribution is 5.91. The molecule has 0 aliphatic carbocycles. The summed E-state index contributed by atoms with van der Waals surface area (Å²) in [5.41, 5.74) is 5.26. The highest BCUT2D eigenvalue weighted by atomic mass is 16.6. The monoisotopic (exact) mass is 478 g/mol. The number of H-pyrrole nitrogens is 1. The standard InChI is InChI=1S/C27H34N4O4/c1-18(2)13-20(15-25(32)31-35-17-19-9-5-4-6-10-19)26(33)30-24(27(34)28-3)14-21-16-29-23-12-8-7-11-22(21)23/h4-12,16,18,20,24,29H,13-15,17H2,1-3H3,(H,28,34)(H,30,33)(H,31,32)/t20-,24-/m0/s1. The van der Waals surface area contributed by atoms with E-state index in [2.05, 4.69) is 21.1 Å². The zero-order valence-electron chi connectivity index (χ0n) is 20.5. The number of para-hydroxylation sites is 1. The fourth-order valence-electron chi connectivity index (χ4n) is 4.09. The molecule has 3 amide bonds. The van der Waals surface area contributed by atoms with E-state index in [0.29, 0.717) is 12.8 Å². The van der Waals surface area contributed by atoms with E-state index in [1.807, 2.05) is 74.6 Å². The van der Waals surface area contributed by atoms with Crippen LogP contribution in [0.4, 0.5) is 0 Å². The van der Waals surface area contributed by atoms with Gasteiger partial charge in [0.2, 0.25) is 17.7 Å². The Hall–Kier alpha value is -3.65. The summed E-state index contributed by atoms with van der Waals surface area (Å²) in [6, 6.07) is 16.5. The number of nitrogens with one attached hydrogen (secondary N) is 4. The molecule has 0 fully saturated rings. The number of carbonyl (C=O) groups excluding carboxylic acids is 3. The van der Waals surface area contributed by atoms with Crippen molar-refractivity contribution in [2.24, 2.45) is 11.8 Å². The maximum absolute atomic E-state index is 13.2. The number of hydroxylamine groups is 1. The van der Waals surface area contributed by atoms with Crippen LogP contribution in [0.25, 0.3) is 10.9 Å². The molecule has 4 N–H and O–H groups in total. The van der Waals surface area contributed by atoms with E-state index < -0.39 is 12.0 Å². The summed E-state index contributed by atoms with van der Waals surface area (Å²) in [6.07, 6.45) is 2.66. The Morgan fingerprint density at radius 2 is 1.69 bits per heavy atom. The van der Waals surface area contributed by atoms with E-state index in [4.69, 9.17) is 4.84 Å². The van der Waals surface area contributed by atoms with Crippen LogP contribution in [0, 0.1) is 11.8 Å². The van der Waals surface area contributed by atoms with Crippen LogP contribution in [0.5, 0.6) is 0 Å². The Morgan fingerprint density at radius 1 is 0.971 bits per heavy atom. The largest absolute Gasteiger partial charge is 0.361 e. The molecular formula is C27H34N4O4. The number of fused-ring (bicyclic) bond motifs is 1. The molecular weight excluding hydrogens is 444 g/mol. The quantitative estimate of drug-likeness (QED) is 0.299. The van der Waals surface area contributed by atoms with Crippen LogP contribution in [0.15, 0.2) is 60.8 Å². The van der Waals surface area contributed by atoms with E-state index in [0.717, 1.165) is 22.0 Å². The number of amides is 3. The summed E-state index contributed by atoms with van der Waals surface area (Å²) in [7, 11) is 1.54. The Labute approximate surface area is 205 Å². The lowest BCUT2D eigenvalue weighted by molar-refractivity contribution is -0.139. The Balaban J connectivity index is 1.63. The number of aromatic amines is 1. The van der Waals surface area contributed by atoms with Crippen LogP contribution >= 0.6 is 0 Å². The lowest BCUT2D eigenvalue weighted by atomic mass is 9.92. The van der Waals surface area contributed by atoms with Crippen LogP contribution in [-0.4, -0.2) is 35.8 Å². The molecule has 8 nitrogen and oxygen atoms in total. The first-order valence-corrected chi connectivity index (χ1v) is 11.9. The number of likely N-dealkylation sites (N-methyl/N-ethyl adjacent to an activating group) is 1. The topological polar surface area (TPSA) is 112 Å². The van der Waals surface area contributed by atoms with Crippen molar-refractivity contribution in [3.8, 4) is 0 Å². The summed E-state index contributed by atoms with van der Waals surface area (Å²) in [4.78, 5) is 46.9. The maximum atomic E-state index is 13.2. The van der Waals surface area contributed by atoms with E-state index in [9.17, 15) is 14.4 Å². The molecule has 0 aliphatic heterocycles. The molecule has 0 saturated carbocycles. The number of rotatable bonds is 12. The summed E-state index contributed by atoms with van der Waals surface area (Å²) < 4.78 is 0. The van der Waals surface area contributed by atoms with Crippen LogP contribution in [0.3, 0.4) is 0 Å². The smallest absolute Gasteiger partial charge is 0.244 e. The highest BCUT2D eigenvalue weighted by Gasteiger charge is 2.28. The minimum Gasteiger partial charge on any atom is -0.361 e. The van der Waals surface area contributed by atoms with Crippen molar-refractivity contribution in [1.82, 2.24) is 21.1 Å². The average molecular weight is 479 g/mol. The molecule has 2 atom stereocenters. The van der Waals surface area contributed by atoms with Crippen molar-refractivity contribution in [3.05, 3.63) is 71.9 Å². The minimum absolute atomic E-state index is 0.0354. The zero-order valence-corrected chi connectivity index (χ0v) is 20.5. The lowest BCUT2D eigenvalue weighted by Gasteiger charge is -2.23. The SMILES string of the molecule is CNC(=O)[C@H](Cc1c[nH]c2ccccc12)NC(=O)[C@H](CC(=O)NOCc1ccccc1)CC(C)C. The van der Waals surface area contributed by atoms with Gasteiger partial charge in [-0.15, -0.1) is 0 Å². The summed E-state index contributed by atoms with van der Waals surface area (Å²) in [5, 5.41) is 6.51. The second-order valence-corrected chi connectivity index (χ2v) is 9.07. The van der Waals surface area contributed by atoms with Gasteiger partial charge in [0.15, 0.2) is 0 Å². The number of hydrogen-bond acceptors (Lipinski definition) is 4. The van der Waals surface area contributed by atoms with Gasteiger partial charge in [-0.1, -0.05) is 62.4 Å². The molecule has 35 heavy (non-hydrogen) atoms. The fraction of sp³-hybridized carbons (Fsp3) is 0.370. The highest BCUT2D eigenvalue weighted by Crippen LogP contribution is 2.20. The third-order valence-electron chi connectivity index (χ3n) is 5.80. The first-order valence-electron chi connectivity index (χ1n) is 11.9. The van der Waals surface area contributed by atoms with Gasteiger partial charge in [-0.2, -0.15) is 0 Å². The molecule has 0 radical (unpaired) electrons. The third-order valence-corrected chi connectivity index (χ3v) is 5.80. The molecule has 0 unspecified atom stereocenters. The van der Waals surface area contributed by atoms with Gasteiger partial charge in [-0.3, -0.25) is 19.2 Å². The van der Waals surface area contributed by atoms with Crippen LogP contribution in [0.1, 0.15) is 37.8 Å². The fourth-order valence-corrected chi connectivity index (χ4v) is 4.09. The lowest BCUT2D eigenvalue weighted by Crippen LogP contribution is -2.49. The second-order valence-electron chi connectivity index (χ2n) is 9.07. The molecule has 8 heteroatoms. The van der Waals surface area contributed by atoms with Gasteiger partial charge in [0.25, 0.3) is 0 Å². The average Bonchev–Trinajstić information content (AvgIpc) is 3.26. The van der Waals surface area contributed by atoms with Crippen LogP contribution < -0.4 is 16.1 Å². The van der Waals surface area contributed by atoms with Crippen molar-refractivity contribution < 1.29 is 19.2 Å². The summed E-state index contributed by atoms with van der Waals surface area (Å²) in [6.45, 7) is 4.22. The van der Waals surface area contributed by atoms with Crippen LogP contribution in [0.2, 0.25) is 0 Å². The number of benzene rings is 2.